The number of anilines is 1. The molecule has 0 saturated carbocycles. The number of carbonyl (C=O) groups excluding carboxylic acids is 2. The van der Waals surface area contributed by atoms with E-state index in [4.69, 9.17) is 0 Å². The molecule has 0 atom stereocenters. The normalized spacial score (nSPS) is 15.5. The van der Waals surface area contributed by atoms with Crippen LogP contribution in [0.4, 0.5) is 15.8 Å². The van der Waals surface area contributed by atoms with Gasteiger partial charge >= 0.3 is 5.69 Å². The molecular formula is C10H7FN2O4. The number of hydrogen-bond donors (Lipinski definition) is 0. The number of nitrogens with zero attached hydrogens (tertiary/aromatic N) is 2. The van der Waals surface area contributed by atoms with Gasteiger partial charge in [-0.2, -0.15) is 4.39 Å². The number of nitro benzene ring substituents is 1. The van der Waals surface area contributed by atoms with Gasteiger partial charge in [-0.3, -0.25) is 19.7 Å². The largest absolute Gasteiger partial charge is 0.304 e. The third-order valence-electron chi connectivity index (χ3n) is 2.42. The van der Waals surface area contributed by atoms with E-state index >= 15 is 0 Å². The van der Waals surface area contributed by atoms with Gasteiger partial charge in [-0.15, -0.1) is 0 Å². The summed E-state index contributed by atoms with van der Waals surface area (Å²) >= 11 is 0. The number of carbonyl (C=O) groups is 2. The molecule has 88 valence electrons. The summed E-state index contributed by atoms with van der Waals surface area (Å²) in [4.78, 5) is 33.1. The molecule has 6 nitrogen and oxygen atoms in total. The van der Waals surface area contributed by atoms with Gasteiger partial charge in [-0.1, -0.05) is 0 Å². The Kier molecular flexibility index (Phi) is 2.58. The van der Waals surface area contributed by atoms with Gasteiger partial charge in [-0.25, -0.2) is 0 Å². The first-order valence-electron chi connectivity index (χ1n) is 4.75. The molecule has 0 N–H and O–H groups in total. The summed E-state index contributed by atoms with van der Waals surface area (Å²) in [6, 6.07) is 3.10. The van der Waals surface area contributed by atoms with Gasteiger partial charge in [0.1, 0.15) is 0 Å². The van der Waals surface area contributed by atoms with Gasteiger partial charge in [0, 0.05) is 17.8 Å². The maximum atomic E-state index is 13.3. The topological polar surface area (TPSA) is 80.5 Å². The molecule has 0 spiro atoms. The molecule has 1 aliphatic heterocycles. The number of halogens is 1. The van der Waals surface area contributed by atoms with Crippen molar-refractivity contribution in [2.75, 3.05) is 11.4 Å². The lowest BCUT2D eigenvalue weighted by atomic mass is 10.2. The highest BCUT2D eigenvalue weighted by Gasteiger charge is 2.29. The lowest BCUT2D eigenvalue weighted by Gasteiger charge is -2.14. The number of amides is 1. The molecule has 1 aromatic rings. The van der Waals surface area contributed by atoms with Crippen molar-refractivity contribution < 1.29 is 18.9 Å². The van der Waals surface area contributed by atoms with Crippen molar-refractivity contribution >= 4 is 23.1 Å². The standard InChI is InChI=1S/C10H7FN2O4/c11-8-3-6(1-2-9(8)13(16)17)12-5-7(14)4-10(12)15/h1-3H,4-5H2. The maximum Gasteiger partial charge on any atom is 0.304 e. The monoisotopic (exact) mass is 238 g/mol. The minimum absolute atomic E-state index is 0.115. The van der Waals surface area contributed by atoms with E-state index in [-0.39, 0.29) is 24.4 Å². The van der Waals surface area contributed by atoms with E-state index in [1.165, 1.54) is 6.07 Å². The van der Waals surface area contributed by atoms with Crippen molar-refractivity contribution in [3.63, 3.8) is 0 Å². The van der Waals surface area contributed by atoms with Crippen molar-refractivity contribution in [2.45, 2.75) is 6.42 Å². The van der Waals surface area contributed by atoms with Crippen LogP contribution in [-0.4, -0.2) is 23.2 Å². The zero-order chi connectivity index (χ0) is 12.6. The van der Waals surface area contributed by atoms with E-state index < -0.39 is 22.3 Å². The maximum absolute atomic E-state index is 13.3. The number of Topliss-reactive ketones (excluding diaryl/α,β-unsaturated/α-hetero) is 1. The number of ketones is 1. The Morgan fingerprint density at radius 2 is 2.06 bits per heavy atom. The van der Waals surface area contributed by atoms with Gasteiger partial charge in [0.15, 0.2) is 5.78 Å². The minimum Gasteiger partial charge on any atom is -0.304 e. The lowest BCUT2D eigenvalue weighted by Crippen LogP contribution is -2.24. The summed E-state index contributed by atoms with van der Waals surface area (Å²) in [6.07, 6.45) is -0.210. The first-order valence-corrected chi connectivity index (χ1v) is 4.75. The molecule has 1 aromatic carbocycles. The van der Waals surface area contributed by atoms with Crippen LogP contribution in [0.2, 0.25) is 0 Å². The number of nitro groups is 1. The van der Waals surface area contributed by atoms with Crippen molar-refractivity contribution in [3.8, 4) is 0 Å². The Balaban J connectivity index is 2.35. The summed E-state index contributed by atoms with van der Waals surface area (Å²) in [5, 5.41) is 10.4. The van der Waals surface area contributed by atoms with Crippen LogP contribution in [0.3, 0.4) is 0 Å². The third-order valence-corrected chi connectivity index (χ3v) is 2.42. The quantitative estimate of drug-likeness (QED) is 0.438. The fraction of sp³-hybridized carbons (Fsp3) is 0.200. The van der Waals surface area contributed by atoms with Crippen LogP contribution in [0.5, 0.6) is 0 Å². The van der Waals surface area contributed by atoms with Crippen molar-refractivity contribution in [1.82, 2.24) is 0 Å². The average Bonchev–Trinajstić information content (AvgIpc) is 2.57. The number of benzene rings is 1. The molecule has 1 heterocycles. The zero-order valence-electron chi connectivity index (χ0n) is 8.55. The number of hydrogen-bond acceptors (Lipinski definition) is 4. The predicted octanol–water partition coefficient (Wildman–Crippen LogP) is 1.04. The van der Waals surface area contributed by atoms with E-state index in [9.17, 15) is 24.1 Å². The number of rotatable bonds is 2. The summed E-state index contributed by atoms with van der Waals surface area (Å²) in [5.41, 5.74) is -0.504. The van der Waals surface area contributed by atoms with E-state index in [1.54, 1.807) is 0 Å². The molecule has 7 heteroatoms. The molecule has 2 rings (SSSR count). The van der Waals surface area contributed by atoms with Crippen molar-refractivity contribution in [1.29, 1.82) is 0 Å². The molecule has 1 aliphatic rings. The second-order valence-corrected chi connectivity index (χ2v) is 3.59. The Morgan fingerprint density at radius 3 is 2.53 bits per heavy atom. The predicted molar refractivity (Wildman–Crippen MR) is 55.0 cm³/mol. The zero-order valence-corrected chi connectivity index (χ0v) is 8.55. The molecule has 0 aromatic heterocycles. The van der Waals surface area contributed by atoms with Gasteiger partial charge in [0.2, 0.25) is 11.7 Å². The fourth-order valence-electron chi connectivity index (χ4n) is 1.63. The van der Waals surface area contributed by atoms with E-state index in [2.05, 4.69) is 0 Å². The molecule has 0 aliphatic carbocycles. The highest BCUT2D eigenvalue weighted by atomic mass is 19.1. The smallest absolute Gasteiger partial charge is 0.304 e. The Labute approximate surface area is 94.8 Å². The molecule has 0 bridgehead atoms. The summed E-state index contributed by atoms with van der Waals surface area (Å²) in [6.45, 7) is -0.115. The van der Waals surface area contributed by atoms with Gasteiger partial charge in [-0.05, 0) is 6.07 Å². The van der Waals surface area contributed by atoms with Crippen LogP contribution in [-0.2, 0) is 9.59 Å². The first kappa shape index (κ1) is 11.2. The second-order valence-electron chi connectivity index (χ2n) is 3.59. The SMILES string of the molecule is O=C1CC(=O)N(c2ccc([N+](=O)[O-])c(F)c2)C1. The van der Waals surface area contributed by atoms with Crippen molar-refractivity contribution in [3.05, 3.63) is 34.1 Å². The Bertz CT molecular complexity index is 529. The van der Waals surface area contributed by atoms with Crippen LogP contribution < -0.4 is 4.90 Å². The van der Waals surface area contributed by atoms with E-state index in [1.807, 2.05) is 0 Å². The molecular weight excluding hydrogens is 231 g/mol. The second kappa shape index (κ2) is 3.93. The van der Waals surface area contributed by atoms with E-state index in [0.29, 0.717) is 0 Å². The summed E-state index contributed by atoms with van der Waals surface area (Å²) in [5.74, 6) is -1.71. The van der Waals surface area contributed by atoms with Gasteiger partial charge in [0.25, 0.3) is 0 Å². The Morgan fingerprint density at radius 1 is 1.35 bits per heavy atom. The summed E-state index contributed by atoms with van der Waals surface area (Å²) < 4.78 is 13.3. The van der Waals surface area contributed by atoms with Crippen LogP contribution in [0.25, 0.3) is 0 Å². The molecule has 0 radical (unpaired) electrons. The van der Waals surface area contributed by atoms with Gasteiger partial charge < -0.3 is 4.90 Å². The van der Waals surface area contributed by atoms with Crippen LogP contribution >= 0.6 is 0 Å². The van der Waals surface area contributed by atoms with E-state index in [0.717, 1.165) is 17.0 Å². The molecule has 17 heavy (non-hydrogen) atoms. The minimum atomic E-state index is -1.03. The highest BCUT2D eigenvalue weighted by molar-refractivity contribution is 6.15. The van der Waals surface area contributed by atoms with Crippen LogP contribution in [0.15, 0.2) is 18.2 Å². The lowest BCUT2D eigenvalue weighted by molar-refractivity contribution is -0.387. The van der Waals surface area contributed by atoms with Crippen molar-refractivity contribution in [2.24, 2.45) is 0 Å². The molecule has 1 fully saturated rings. The van der Waals surface area contributed by atoms with Crippen LogP contribution in [0, 0.1) is 15.9 Å². The summed E-state index contributed by atoms with van der Waals surface area (Å²) in [7, 11) is 0. The first-order chi connectivity index (χ1) is 7.99. The average molecular weight is 238 g/mol. The molecule has 1 amide bonds. The Hall–Kier alpha value is -2.31. The molecule has 0 unspecified atom stereocenters. The van der Waals surface area contributed by atoms with Crippen LogP contribution in [0.1, 0.15) is 6.42 Å². The third kappa shape index (κ3) is 1.99. The molecule has 1 saturated heterocycles. The fourth-order valence-corrected chi connectivity index (χ4v) is 1.63. The highest BCUT2D eigenvalue weighted by Crippen LogP contribution is 2.25. The van der Waals surface area contributed by atoms with Gasteiger partial charge in [0.05, 0.1) is 17.9 Å².